The van der Waals surface area contributed by atoms with Crippen molar-refractivity contribution < 1.29 is 47.2 Å². The van der Waals surface area contributed by atoms with Crippen LogP contribution in [0.25, 0.3) is 0 Å². The Kier molecular flexibility index (Phi) is 11.0. The van der Waals surface area contributed by atoms with Gasteiger partial charge in [-0.1, -0.05) is 23.2 Å². The molecule has 1 heterocycles. The summed E-state index contributed by atoms with van der Waals surface area (Å²) in [6, 6.07) is 3.13. The largest absolute Gasteiger partial charge is 0.496 e. The van der Waals surface area contributed by atoms with Crippen molar-refractivity contribution in [3.05, 3.63) is 27.7 Å². The quantitative estimate of drug-likeness (QED) is 0.487. The van der Waals surface area contributed by atoms with Gasteiger partial charge >= 0.3 is 24.2 Å². The lowest BCUT2D eigenvalue weighted by atomic mass is 9.84. The fourth-order valence-corrected chi connectivity index (χ4v) is 3.75. The number of carboxylic acid groups (broad SMARTS) is 2. The zero-order valence-electron chi connectivity index (χ0n) is 17.6. The van der Waals surface area contributed by atoms with E-state index in [0.29, 0.717) is 41.7 Å². The monoisotopic (exact) mass is 518 g/mol. The Balaban J connectivity index is 0.000000675. The van der Waals surface area contributed by atoms with E-state index < -0.39 is 24.2 Å². The molecule has 1 fully saturated rings. The molecule has 1 amide bonds. The molecule has 9 nitrogen and oxygen atoms in total. The molecule has 0 aliphatic carbocycles. The molecule has 0 radical (unpaired) electrons. The van der Waals surface area contributed by atoms with Crippen molar-refractivity contribution in [1.29, 1.82) is 0 Å². The number of rotatable bonds is 6. The van der Waals surface area contributed by atoms with Gasteiger partial charge in [0, 0.05) is 24.7 Å². The average Bonchev–Trinajstić information content (AvgIpc) is 2.74. The molecule has 14 heteroatoms. The number of likely N-dealkylation sites (tertiary alicyclic amines) is 1. The summed E-state index contributed by atoms with van der Waals surface area (Å²) >= 11 is 12.6. The number of halogens is 5. The van der Waals surface area contributed by atoms with Gasteiger partial charge in [-0.25, -0.2) is 9.59 Å². The van der Waals surface area contributed by atoms with Crippen molar-refractivity contribution in [1.82, 2.24) is 10.2 Å². The fraction of sp³-hybridized carbons (Fsp3) is 0.526. The zero-order valence-corrected chi connectivity index (χ0v) is 19.1. The van der Waals surface area contributed by atoms with Crippen LogP contribution in [0.5, 0.6) is 5.75 Å². The predicted molar refractivity (Wildman–Crippen MR) is 112 cm³/mol. The zero-order chi connectivity index (χ0) is 25.3. The van der Waals surface area contributed by atoms with E-state index in [2.05, 4.69) is 10.1 Å². The number of aliphatic carboxylic acids is 1. The van der Waals surface area contributed by atoms with E-state index in [0.717, 1.165) is 5.56 Å². The molecule has 2 rings (SSSR count). The number of nitrogens with zero attached hydrogens (tertiary/aromatic N) is 1. The summed E-state index contributed by atoms with van der Waals surface area (Å²) in [5.41, 5.74) is 0.796. The van der Waals surface area contributed by atoms with Gasteiger partial charge in [0.2, 0.25) is 0 Å². The summed E-state index contributed by atoms with van der Waals surface area (Å²) in [7, 11) is 2.86. The Morgan fingerprint density at radius 1 is 1.21 bits per heavy atom. The molecule has 2 unspecified atom stereocenters. The summed E-state index contributed by atoms with van der Waals surface area (Å²) in [6.07, 6.45) is -4.93. The second-order valence-electron chi connectivity index (χ2n) is 6.84. The molecule has 3 N–H and O–H groups in total. The first kappa shape index (κ1) is 28.6. The van der Waals surface area contributed by atoms with Crippen LogP contribution in [0, 0.1) is 0 Å². The first-order chi connectivity index (χ1) is 15.3. The molecule has 1 aliphatic rings. The minimum absolute atomic E-state index is 0.00308. The Labute approximate surface area is 197 Å². The number of hydrogen-bond donors (Lipinski definition) is 3. The topological polar surface area (TPSA) is 125 Å². The lowest BCUT2D eigenvalue weighted by Gasteiger charge is -2.38. The predicted octanol–water partition coefficient (Wildman–Crippen LogP) is 3.62. The Bertz CT molecular complexity index is 855. The summed E-state index contributed by atoms with van der Waals surface area (Å²) in [6.45, 7) is 0.710. The number of hydrogen-bond acceptors (Lipinski definition) is 6. The van der Waals surface area contributed by atoms with Gasteiger partial charge in [0.05, 0.1) is 30.8 Å². The van der Waals surface area contributed by atoms with E-state index in [1.54, 1.807) is 19.2 Å². The summed E-state index contributed by atoms with van der Waals surface area (Å²) in [4.78, 5) is 33.1. The molecule has 33 heavy (non-hydrogen) atoms. The van der Waals surface area contributed by atoms with Gasteiger partial charge in [-0.2, -0.15) is 13.2 Å². The number of methoxy groups -OCH3 is 2. The maximum atomic E-state index is 11.5. The van der Waals surface area contributed by atoms with Gasteiger partial charge in [0.25, 0.3) is 0 Å². The van der Waals surface area contributed by atoms with Gasteiger partial charge in [0.15, 0.2) is 0 Å². The molecular weight excluding hydrogens is 496 g/mol. The highest BCUT2D eigenvalue weighted by Crippen LogP contribution is 2.43. The molecule has 1 aliphatic heterocycles. The molecular formula is C19H23Cl2F3N2O7. The van der Waals surface area contributed by atoms with Crippen LogP contribution < -0.4 is 10.1 Å². The van der Waals surface area contributed by atoms with Gasteiger partial charge in [-0.3, -0.25) is 4.79 Å². The third-order valence-corrected chi connectivity index (χ3v) is 5.62. The number of nitrogens with one attached hydrogen (secondary N) is 1. The Morgan fingerprint density at radius 2 is 1.82 bits per heavy atom. The van der Waals surface area contributed by atoms with Crippen LogP contribution in [-0.4, -0.2) is 79.2 Å². The van der Waals surface area contributed by atoms with Crippen molar-refractivity contribution >= 4 is 41.2 Å². The number of esters is 1. The number of carbonyl (C=O) groups excluding carboxylic acids is 1. The molecule has 0 aromatic heterocycles. The molecule has 1 aromatic carbocycles. The van der Waals surface area contributed by atoms with Crippen LogP contribution in [0.1, 0.15) is 24.3 Å². The van der Waals surface area contributed by atoms with Crippen molar-refractivity contribution in [2.24, 2.45) is 0 Å². The molecule has 1 aromatic rings. The van der Waals surface area contributed by atoms with Crippen molar-refractivity contribution in [3.63, 3.8) is 0 Å². The number of alkyl halides is 3. The number of piperidine rings is 1. The molecule has 1 saturated heterocycles. The standard InChI is InChI=1S/C17H22Cl2N2O5.C2HF3O2/c1-25-13-4-3-12(18)16(19)15(13)10-5-6-21(17(23)24)11(7-10)8-20-9-14(22)26-2;3-2(4,5)1(6)7/h3-4,10-11,20H,5-9H2,1-2H3,(H,23,24);(H,6,7). The molecule has 0 saturated carbocycles. The molecule has 186 valence electrons. The van der Waals surface area contributed by atoms with Crippen LogP contribution in [0.2, 0.25) is 10.0 Å². The van der Waals surface area contributed by atoms with Crippen LogP contribution in [0.4, 0.5) is 18.0 Å². The second kappa shape index (κ2) is 12.7. The highest BCUT2D eigenvalue weighted by atomic mass is 35.5. The number of carbonyl (C=O) groups is 3. The highest BCUT2D eigenvalue weighted by Gasteiger charge is 2.38. The maximum Gasteiger partial charge on any atom is 0.490 e. The second-order valence-corrected chi connectivity index (χ2v) is 7.62. The minimum atomic E-state index is -5.08. The first-order valence-corrected chi connectivity index (χ1v) is 10.2. The fourth-order valence-electron chi connectivity index (χ4n) is 3.28. The van der Waals surface area contributed by atoms with E-state index in [-0.39, 0.29) is 18.5 Å². The van der Waals surface area contributed by atoms with Crippen molar-refractivity contribution in [2.75, 3.05) is 33.9 Å². The van der Waals surface area contributed by atoms with Crippen LogP contribution in [0.3, 0.4) is 0 Å². The number of carboxylic acids is 1. The number of benzene rings is 1. The summed E-state index contributed by atoms with van der Waals surface area (Å²) in [5.74, 6) is -2.53. The van der Waals surface area contributed by atoms with Gasteiger partial charge < -0.3 is 29.9 Å². The Morgan fingerprint density at radius 3 is 2.30 bits per heavy atom. The Hall–Kier alpha value is -2.44. The van der Waals surface area contributed by atoms with Crippen LogP contribution >= 0.6 is 23.2 Å². The van der Waals surface area contributed by atoms with Gasteiger partial charge in [-0.15, -0.1) is 0 Å². The smallest absolute Gasteiger partial charge is 0.490 e. The third-order valence-electron chi connectivity index (χ3n) is 4.80. The average molecular weight is 519 g/mol. The van der Waals surface area contributed by atoms with Crippen molar-refractivity contribution in [2.45, 2.75) is 31.0 Å². The van der Waals surface area contributed by atoms with Gasteiger partial charge in [-0.05, 0) is 30.9 Å². The van der Waals surface area contributed by atoms with Gasteiger partial charge in [0.1, 0.15) is 5.75 Å². The molecule has 2 atom stereocenters. The normalized spacial score (nSPS) is 18.1. The summed E-state index contributed by atoms with van der Waals surface area (Å²) < 4.78 is 41.7. The van der Waals surface area contributed by atoms with Crippen molar-refractivity contribution in [3.8, 4) is 5.75 Å². The lowest BCUT2D eigenvalue weighted by molar-refractivity contribution is -0.192. The SMILES string of the molecule is COC(=O)CNCC1CC(c2c(OC)ccc(Cl)c2Cl)CCN1C(=O)O.O=C(O)C(F)(F)F. The molecule has 0 spiro atoms. The van der Waals surface area contributed by atoms with Crippen LogP contribution in [0.15, 0.2) is 12.1 Å². The maximum absolute atomic E-state index is 11.5. The number of amides is 1. The third kappa shape index (κ3) is 8.45. The van der Waals surface area contributed by atoms with Crippen LogP contribution in [-0.2, 0) is 14.3 Å². The van der Waals surface area contributed by atoms with E-state index in [1.807, 2.05) is 0 Å². The van der Waals surface area contributed by atoms with E-state index in [1.165, 1.54) is 12.0 Å². The summed E-state index contributed by atoms with van der Waals surface area (Å²) in [5, 5.41) is 20.4. The van der Waals surface area contributed by atoms with E-state index >= 15 is 0 Å². The minimum Gasteiger partial charge on any atom is -0.496 e. The highest BCUT2D eigenvalue weighted by molar-refractivity contribution is 6.42. The van der Waals surface area contributed by atoms with E-state index in [9.17, 15) is 27.9 Å². The number of ether oxygens (including phenoxy) is 2. The first-order valence-electron chi connectivity index (χ1n) is 9.42. The van der Waals surface area contributed by atoms with E-state index in [4.69, 9.17) is 37.8 Å². The molecule has 0 bridgehead atoms. The lowest BCUT2D eigenvalue weighted by Crippen LogP contribution is -2.50.